The molecule has 0 amide bonds. The molecule has 0 radical (unpaired) electrons. The Morgan fingerprint density at radius 3 is 2.00 bits per heavy atom. The summed E-state index contributed by atoms with van der Waals surface area (Å²) >= 11 is 0. The van der Waals surface area contributed by atoms with Gasteiger partial charge in [-0.1, -0.05) is 76.8 Å². The Morgan fingerprint density at radius 1 is 0.708 bits per heavy atom. The van der Waals surface area contributed by atoms with Crippen LogP contribution in [0, 0.1) is 0 Å². The molecule has 2 aromatic rings. The third kappa shape index (κ3) is 5.74. The van der Waals surface area contributed by atoms with Crippen molar-refractivity contribution in [1.82, 2.24) is 0 Å². The van der Waals surface area contributed by atoms with Gasteiger partial charge in [0.2, 0.25) is 0 Å². The van der Waals surface area contributed by atoms with Crippen molar-refractivity contribution < 1.29 is 0 Å². The van der Waals surface area contributed by atoms with Gasteiger partial charge in [0.05, 0.1) is 0 Å². The molecular weight excluding hydrogens is 292 g/mol. The van der Waals surface area contributed by atoms with Gasteiger partial charge in [0.15, 0.2) is 0 Å². The summed E-state index contributed by atoms with van der Waals surface area (Å²) in [5.74, 6) is 0. The first kappa shape index (κ1) is 18.6. The second-order valence-corrected chi connectivity index (χ2v) is 7.05. The highest BCUT2D eigenvalue weighted by Crippen LogP contribution is 2.27. The number of aryl methyl sites for hydroxylation is 1. The van der Waals surface area contributed by atoms with Crippen LogP contribution in [0.25, 0.3) is 10.8 Å². The zero-order valence-corrected chi connectivity index (χ0v) is 15.3. The normalized spacial score (nSPS) is 11.2. The molecule has 0 heterocycles. The summed E-state index contributed by atoms with van der Waals surface area (Å²) in [7, 11) is 0. The average Bonchev–Trinajstić information content (AvgIpc) is 2.58. The summed E-state index contributed by atoms with van der Waals surface area (Å²) in [6, 6.07) is 10.3. The lowest BCUT2D eigenvalue weighted by atomic mass is 9.99. The largest absolute Gasteiger partial charge is 0.398 e. The van der Waals surface area contributed by atoms with E-state index < -0.39 is 0 Å². The molecule has 0 aromatic heterocycles. The standard InChI is InChI=1S/C22H34N2/c1-2-3-4-5-6-7-8-9-10-11-13-19-16-18-14-12-15-21(23)20(18)17-22(19)24/h12,14-17H,2-11,13,23-24H2,1H3. The van der Waals surface area contributed by atoms with Crippen LogP contribution in [-0.4, -0.2) is 0 Å². The van der Waals surface area contributed by atoms with Crippen LogP contribution in [0.5, 0.6) is 0 Å². The van der Waals surface area contributed by atoms with Gasteiger partial charge in [0.25, 0.3) is 0 Å². The Balaban J connectivity index is 1.68. The molecule has 0 bridgehead atoms. The Hall–Kier alpha value is -1.70. The van der Waals surface area contributed by atoms with Crippen LogP contribution in [0.3, 0.4) is 0 Å². The number of nitrogens with two attached hydrogens (primary N) is 2. The minimum Gasteiger partial charge on any atom is -0.398 e. The second-order valence-electron chi connectivity index (χ2n) is 7.05. The smallest absolute Gasteiger partial charge is 0.0394 e. The lowest BCUT2D eigenvalue weighted by Crippen LogP contribution is -1.97. The lowest BCUT2D eigenvalue weighted by molar-refractivity contribution is 0.556. The number of unbranched alkanes of at least 4 members (excludes halogenated alkanes) is 9. The van der Waals surface area contributed by atoms with E-state index in [2.05, 4.69) is 19.1 Å². The minimum atomic E-state index is 0.810. The van der Waals surface area contributed by atoms with Crippen LogP contribution in [0.4, 0.5) is 11.4 Å². The van der Waals surface area contributed by atoms with Gasteiger partial charge in [0, 0.05) is 16.8 Å². The fourth-order valence-electron chi connectivity index (χ4n) is 3.43. The second kappa shape index (κ2) is 10.2. The predicted octanol–water partition coefficient (Wildman–Crippen LogP) is 6.47. The molecule has 0 aliphatic heterocycles. The van der Waals surface area contributed by atoms with Crippen LogP contribution in [0.2, 0.25) is 0 Å². The zero-order chi connectivity index (χ0) is 17.2. The quantitative estimate of drug-likeness (QED) is 0.367. The summed E-state index contributed by atoms with van der Waals surface area (Å²) in [5.41, 5.74) is 15.2. The van der Waals surface area contributed by atoms with Gasteiger partial charge in [-0.25, -0.2) is 0 Å². The molecule has 0 spiro atoms. The van der Waals surface area contributed by atoms with Gasteiger partial charge in [-0.2, -0.15) is 0 Å². The van der Waals surface area contributed by atoms with Gasteiger partial charge < -0.3 is 11.5 Å². The van der Waals surface area contributed by atoms with Gasteiger partial charge in [-0.05, 0) is 42.0 Å². The third-order valence-electron chi connectivity index (χ3n) is 4.97. The molecular formula is C22H34N2. The summed E-state index contributed by atoms with van der Waals surface area (Å²) in [4.78, 5) is 0. The van der Waals surface area contributed by atoms with E-state index in [4.69, 9.17) is 11.5 Å². The maximum absolute atomic E-state index is 6.22. The van der Waals surface area contributed by atoms with E-state index in [1.165, 1.54) is 75.2 Å². The van der Waals surface area contributed by atoms with Crippen molar-refractivity contribution in [2.24, 2.45) is 0 Å². The molecule has 24 heavy (non-hydrogen) atoms. The molecule has 132 valence electrons. The summed E-state index contributed by atoms with van der Waals surface area (Å²) in [6.07, 6.45) is 14.8. The van der Waals surface area contributed by atoms with Gasteiger partial charge in [-0.3, -0.25) is 0 Å². The average molecular weight is 327 g/mol. The zero-order valence-electron chi connectivity index (χ0n) is 15.3. The Bertz CT molecular complexity index is 619. The van der Waals surface area contributed by atoms with E-state index in [1.54, 1.807) is 0 Å². The van der Waals surface area contributed by atoms with Crippen LogP contribution in [0.15, 0.2) is 30.3 Å². The maximum atomic E-state index is 6.22. The van der Waals surface area contributed by atoms with E-state index in [0.717, 1.165) is 23.2 Å². The molecule has 0 fully saturated rings. The number of hydrogen-bond acceptors (Lipinski definition) is 2. The first-order valence-corrected chi connectivity index (χ1v) is 9.79. The molecule has 0 saturated heterocycles. The highest BCUT2D eigenvalue weighted by Gasteiger charge is 2.04. The van der Waals surface area contributed by atoms with Gasteiger partial charge in [-0.15, -0.1) is 0 Å². The number of hydrogen-bond donors (Lipinski definition) is 2. The van der Waals surface area contributed by atoms with Gasteiger partial charge >= 0.3 is 0 Å². The van der Waals surface area contributed by atoms with E-state index in [-0.39, 0.29) is 0 Å². The topological polar surface area (TPSA) is 52.0 Å². The van der Waals surface area contributed by atoms with Crippen LogP contribution in [0.1, 0.15) is 76.7 Å². The van der Waals surface area contributed by atoms with Crippen molar-refractivity contribution in [1.29, 1.82) is 0 Å². The van der Waals surface area contributed by atoms with Crippen molar-refractivity contribution >= 4 is 22.1 Å². The fraction of sp³-hybridized carbons (Fsp3) is 0.545. The predicted molar refractivity (Wildman–Crippen MR) is 108 cm³/mol. The summed E-state index contributed by atoms with van der Waals surface area (Å²) in [6.45, 7) is 2.28. The molecule has 2 heteroatoms. The van der Waals surface area contributed by atoms with Crippen molar-refractivity contribution in [3.05, 3.63) is 35.9 Å². The number of rotatable bonds is 11. The molecule has 2 nitrogen and oxygen atoms in total. The van der Waals surface area contributed by atoms with E-state index >= 15 is 0 Å². The first-order valence-electron chi connectivity index (χ1n) is 9.79. The van der Waals surface area contributed by atoms with Crippen LogP contribution >= 0.6 is 0 Å². The molecule has 2 aromatic carbocycles. The van der Waals surface area contributed by atoms with E-state index in [1.807, 2.05) is 18.2 Å². The Kier molecular flexibility index (Phi) is 7.94. The molecule has 0 aliphatic rings. The third-order valence-corrected chi connectivity index (χ3v) is 4.97. The number of anilines is 2. The van der Waals surface area contributed by atoms with Crippen molar-refractivity contribution in [2.75, 3.05) is 11.5 Å². The molecule has 4 N–H and O–H groups in total. The number of fused-ring (bicyclic) bond motifs is 1. The molecule has 0 unspecified atom stereocenters. The Morgan fingerprint density at radius 2 is 1.33 bits per heavy atom. The SMILES string of the molecule is CCCCCCCCCCCCc1cc2cccc(N)c2cc1N. The monoisotopic (exact) mass is 326 g/mol. The fourth-order valence-corrected chi connectivity index (χ4v) is 3.43. The highest BCUT2D eigenvalue weighted by molar-refractivity contribution is 5.95. The highest BCUT2D eigenvalue weighted by atomic mass is 14.6. The molecule has 0 saturated carbocycles. The molecule has 0 atom stereocenters. The number of nitrogen functional groups attached to an aromatic ring is 2. The first-order chi connectivity index (χ1) is 11.7. The van der Waals surface area contributed by atoms with Crippen molar-refractivity contribution in [3.63, 3.8) is 0 Å². The summed E-state index contributed by atoms with van der Waals surface area (Å²) in [5, 5.41) is 2.27. The van der Waals surface area contributed by atoms with Crippen molar-refractivity contribution in [3.8, 4) is 0 Å². The summed E-state index contributed by atoms with van der Waals surface area (Å²) < 4.78 is 0. The minimum absolute atomic E-state index is 0.810. The van der Waals surface area contributed by atoms with Gasteiger partial charge in [0.1, 0.15) is 0 Å². The van der Waals surface area contributed by atoms with E-state index in [0.29, 0.717) is 0 Å². The molecule has 0 aliphatic carbocycles. The van der Waals surface area contributed by atoms with Crippen molar-refractivity contribution in [2.45, 2.75) is 77.6 Å². The lowest BCUT2D eigenvalue weighted by Gasteiger charge is -2.10. The van der Waals surface area contributed by atoms with E-state index in [9.17, 15) is 0 Å². The maximum Gasteiger partial charge on any atom is 0.0394 e. The van der Waals surface area contributed by atoms with Crippen LogP contribution in [-0.2, 0) is 6.42 Å². The molecule has 2 rings (SSSR count). The van der Waals surface area contributed by atoms with Crippen LogP contribution < -0.4 is 11.5 Å². The Labute approximate surface area is 147 Å². The number of benzene rings is 2.